The molecule has 0 saturated heterocycles. The van der Waals surface area contributed by atoms with Crippen LogP contribution in [0.4, 0.5) is 0 Å². The summed E-state index contributed by atoms with van der Waals surface area (Å²) in [7, 11) is 1.66. The Morgan fingerprint density at radius 1 is 1.21 bits per heavy atom. The number of hydrogen-bond donors (Lipinski definition) is 2. The molecular weight excluding hydrogens is 446 g/mol. The quantitative estimate of drug-likeness (QED) is 0.325. The van der Waals surface area contributed by atoms with E-state index in [1.807, 2.05) is 30.5 Å². The molecule has 0 unspecified atom stereocenters. The number of para-hydroxylation sites is 1. The summed E-state index contributed by atoms with van der Waals surface area (Å²) in [5.41, 5.74) is 3.37. The number of methoxy groups -OCH3 is 1. The number of nitrogens with zero attached hydrogens (tertiary/aromatic N) is 3. The number of benzene rings is 2. The zero-order valence-electron chi connectivity index (χ0n) is 19.5. The van der Waals surface area contributed by atoms with Gasteiger partial charge in [0.15, 0.2) is 5.16 Å². The minimum atomic E-state index is -0.0121. The molecule has 0 spiro atoms. The molecule has 1 aliphatic rings. The molecule has 176 valence electrons. The monoisotopic (exact) mass is 475 g/mol. The third-order valence-corrected chi connectivity index (χ3v) is 7.32. The molecule has 5 rings (SSSR count). The number of aromatic amines is 1. The van der Waals surface area contributed by atoms with E-state index < -0.39 is 0 Å². The van der Waals surface area contributed by atoms with Crippen molar-refractivity contribution < 1.29 is 9.53 Å². The highest BCUT2D eigenvalue weighted by Gasteiger charge is 2.30. The first kappa shape index (κ1) is 22.5. The third kappa shape index (κ3) is 4.68. The van der Waals surface area contributed by atoms with Crippen molar-refractivity contribution >= 4 is 28.6 Å². The summed E-state index contributed by atoms with van der Waals surface area (Å²) in [6.07, 6.45) is 4.41. The maximum atomic E-state index is 12.8. The summed E-state index contributed by atoms with van der Waals surface area (Å²) < 4.78 is 7.47. The van der Waals surface area contributed by atoms with Crippen molar-refractivity contribution in [1.82, 2.24) is 25.1 Å². The Morgan fingerprint density at radius 3 is 2.74 bits per heavy atom. The molecule has 2 N–H and O–H groups in total. The Morgan fingerprint density at radius 2 is 2.00 bits per heavy atom. The molecule has 4 aromatic rings. The summed E-state index contributed by atoms with van der Waals surface area (Å²) in [6.45, 7) is 3.42. The van der Waals surface area contributed by atoms with Crippen molar-refractivity contribution in [2.75, 3.05) is 19.4 Å². The number of aromatic nitrogens is 4. The fourth-order valence-electron chi connectivity index (χ4n) is 4.37. The van der Waals surface area contributed by atoms with Crippen molar-refractivity contribution in [2.45, 2.75) is 43.3 Å². The van der Waals surface area contributed by atoms with Gasteiger partial charge in [-0.1, -0.05) is 42.1 Å². The van der Waals surface area contributed by atoms with Gasteiger partial charge in [-0.15, -0.1) is 10.2 Å². The first-order chi connectivity index (χ1) is 16.7. The number of rotatable bonds is 10. The summed E-state index contributed by atoms with van der Waals surface area (Å²) in [5.74, 6) is 2.72. The number of carbonyl (C=O) groups is 1. The van der Waals surface area contributed by atoms with Crippen LogP contribution in [-0.4, -0.2) is 45.1 Å². The zero-order chi connectivity index (χ0) is 23.5. The van der Waals surface area contributed by atoms with Crippen LogP contribution in [0, 0.1) is 0 Å². The molecule has 7 nitrogen and oxygen atoms in total. The second-order valence-corrected chi connectivity index (χ2v) is 9.51. The van der Waals surface area contributed by atoms with Crippen LogP contribution in [0.1, 0.15) is 48.6 Å². The van der Waals surface area contributed by atoms with E-state index in [0.717, 1.165) is 45.3 Å². The highest BCUT2D eigenvalue weighted by Crippen LogP contribution is 2.40. The maximum Gasteiger partial charge on any atom is 0.230 e. The SMILES string of the molecule is CCn1c(SCC(=O)NC[C@H](c2ccc(OC)cc2)c2c[nH]c3ccccc23)nnc1C1CC1. The average molecular weight is 476 g/mol. The van der Waals surface area contributed by atoms with E-state index in [9.17, 15) is 4.79 Å². The van der Waals surface area contributed by atoms with Gasteiger partial charge in [0, 0.05) is 42.0 Å². The van der Waals surface area contributed by atoms with E-state index >= 15 is 0 Å². The minimum Gasteiger partial charge on any atom is -0.497 e. The second kappa shape index (κ2) is 9.93. The van der Waals surface area contributed by atoms with Gasteiger partial charge in [-0.05, 0) is 49.1 Å². The van der Waals surface area contributed by atoms with Crippen LogP contribution in [0.15, 0.2) is 59.9 Å². The van der Waals surface area contributed by atoms with E-state index in [-0.39, 0.29) is 11.8 Å². The van der Waals surface area contributed by atoms with E-state index in [1.54, 1.807) is 7.11 Å². The zero-order valence-corrected chi connectivity index (χ0v) is 20.3. The van der Waals surface area contributed by atoms with E-state index in [1.165, 1.54) is 24.6 Å². The highest BCUT2D eigenvalue weighted by molar-refractivity contribution is 7.99. The van der Waals surface area contributed by atoms with Crippen molar-refractivity contribution in [3.63, 3.8) is 0 Å². The Bertz CT molecular complexity index is 1280. The first-order valence-corrected chi connectivity index (χ1v) is 12.7. The number of carbonyl (C=O) groups excluding carboxylic acids is 1. The molecule has 1 fully saturated rings. The molecule has 0 aliphatic heterocycles. The first-order valence-electron chi connectivity index (χ1n) is 11.7. The Labute approximate surface area is 203 Å². The molecule has 8 heteroatoms. The van der Waals surface area contributed by atoms with Gasteiger partial charge in [0.05, 0.1) is 12.9 Å². The summed E-state index contributed by atoms with van der Waals surface area (Å²) in [6, 6.07) is 16.3. The molecule has 2 heterocycles. The van der Waals surface area contributed by atoms with Gasteiger partial charge in [-0.3, -0.25) is 4.79 Å². The number of hydrogen-bond acceptors (Lipinski definition) is 5. The molecule has 0 radical (unpaired) electrons. The summed E-state index contributed by atoms with van der Waals surface area (Å²) >= 11 is 1.45. The molecule has 1 amide bonds. The van der Waals surface area contributed by atoms with Crippen LogP contribution in [0.25, 0.3) is 10.9 Å². The van der Waals surface area contributed by atoms with Crippen LogP contribution < -0.4 is 10.1 Å². The van der Waals surface area contributed by atoms with Gasteiger partial charge in [0.25, 0.3) is 0 Å². The Kier molecular flexibility index (Phi) is 6.58. The van der Waals surface area contributed by atoms with Crippen LogP contribution in [0.3, 0.4) is 0 Å². The fourth-order valence-corrected chi connectivity index (χ4v) is 5.21. The van der Waals surface area contributed by atoms with Crippen LogP contribution >= 0.6 is 11.8 Å². The number of H-pyrrole nitrogens is 1. The second-order valence-electron chi connectivity index (χ2n) is 8.57. The molecule has 2 aromatic carbocycles. The van der Waals surface area contributed by atoms with Gasteiger partial charge in [0.2, 0.25) is 5.91 Å². The lowest BCUT2D eigenvalue weighted by Gasteiger charge is -2.18. The molecule has 1 saturated carbocycles. The van der Waals surface area contributed by atoms with E-state index in [0.29, 0.717) is 18.2 Å². The van der Waals surface area contributed by atoms with Gasteiger partial charge in [-0.25, -0.2) is 0 Å². The smallest absolute Gasteiger partial charge is 0.230 e. The molecule has 2 aromatic heterocycles. The topological polar surface area (TPSA) is 84.8 Å². The lowest BCUT2D eigenvalue weighted by atomic mass is 9.91. The van der Waals surface area contributed by atoms with E-state index in [2.05, 4.69) is 56.3 Å². The average Bonchev–Trinajstić information content (AvgIpc) is 3.50. The number of thioether (sulfide) groups is 1. The van der Waals surface area contributed by atoms with Gasteiger partial charge < -0.3 is 19.6 Å². The van der Waals surface area contributed by atoms with Gasteiger partial charge in [-0.2, -0.15) is 0 Å². The number of nitrogens with one attached hydrogen (secondary N) is 2. The predicted molar refractivity (Wildman–Crippen MR) is 135 cm³/mol. The van der Waals surface area contributed by atoms with Gasteiger partial charge in [0.1, 0.15) is 11.6 Å². The maximum absolute atomic E-state index is 12.8. The number of ether oxygens (including phenoxy) is 1. The molecule has 0 bridgehead atoms. The standard InChI is InChI=1S/C26H29N5O2S/c1-3-31-25(18-8-9-18)29-30-26(31)34-16-24(32)28-14-21(17-10-12-19(33-2)13-11-17)22-15-27-23-7-5-4-6-20(22)23/h4-7,10-13,15,18,21,27H,3,8-9,14,16H2,1-2H3,(H,28,32)/t21-/m1/s1. The van der Waals surface area contributed by atoms with Crippen LogP contribution in [-0.2, 0) is 11.3 Å². The molecular formula is C26H29N5O2S. The van der Waals surface area contributed by atoms with Crippen molar-refractivity contribution in [1.29, 1.82) is 0 Å². The van der Waals surface area contributed by atoms with Crippen molar-refractivity contribution in [2.24, 2.45) is 0 Å². The lowest BCUT2D eigenvalue weighted by Crippen LogP contribution is -2.30. The molecule has 34 heavy (non-hydrogen) atoms. The third-order valence-electron chi connectivity index (χ3n) is 6.35. The Hall–Kier alpha value is -3.26. The van der Waals surface area contributed by atoms with Crippen LogP contribution in [0.2, 0.25) is 0 Å². The van der Waals surface area contributed by atoms with Crippen molar-refractivity contribution in [3.05, 3.63) is 71.7 Å². The molecule has 1 aliphatic carbocycles. The summed E-state index contributed by atoms with van der Waals surface area (Å²) in [5, 5.41) is 13.8. The number of fused-ring (bicyclic) bond motifs is 1. The Balaban J connectivity index is 1.30. The largest absolute Gasteiger partial charge is 0.497 e. The normalized spacial score (nSPS) is 14.3. The van der Waals surface area contributed by atoms with Crippen LogP contribution in [0.5, 0.6) is 5.75 Å². The lowest BCUT2D eigenvalue weighted by molar-refractivity contribution is -0.118. The minimum absolute atomic E-state index is 0.0109. The molecule has 1 atom stereocenters. The van der Waals surface area contributed by atoms with Gasteiger partial charge >= 0.3 is 0 Å². The number of amides is 1. The summed E-state index contributed by atoms with van der Waals surface area (Å²) in [4.78, 5) is 16.2. The van der Waals surface area contributed by atoms with E-state index in [4.69, 9.17) is 4.74 Å². The highest BCUT2D eigenvalue weighted by atomic mass is 32.2. The predicted octanol–water partition coefficient (Wildman–Crippen LogP) is 4.71. The fraction of sp³-hybridized carbons (Fsp3) is 0.346. The van der Waals surface area contributed by atoms with Crippen molar-refractivity contribution in [3.8, 4) is 5.75 Å².